The van der Waals surface area contributed by atoms with E-state index in [-0.39, 0.29) is 18.2 Å². The predicted molar refractivity (Wildman–Crippen MR) is 76.8 cm³/mol. The summed E-state index contributed by atoms with van der Waals surface area (Å²) < 4.78 is 0. The van der Waals surface area contributed by atoms with Crippen LogP contribution in [-0.2, 0) is 11.2 Å². The van der Waals surface area contributed by atoms with Gasteiger partial charge in [-0.05, 0) is 18.4 Å². The third kappa shape index (κ3) is 3.87. The number of carbonyl (C=O) groups excluding carboxylic acids is 2. The van der Waals surface area contributed by atoms with E-state index in [4.69, 9.17) is 0 Å². The molecule has 0 bridgehead atoms. The molecule has 2 amide bonds. The molecular formula is C12H13N3O2S2. The minimum Gasteiger partial charge on any atom is -0.356 e. The quantitative estimate of drug-likeness (QED) is 0.887. The third-order valence-electron chi connectivity index (χ3n) is 2.23. The summed E-state index contributed by atoms with van der Waals surface area (Å²) in [5.41, 5.74) is 0.664. The van der Waals surface area contributed by atoms with Gasteiger partial charge in [0.05, 0.1) is 17.0 Å². The average Bonchev–Trinajstić information content (AvgIpc) is 3.00. The molecule has 2 aromatic heterocycles. The first-order valence-electron chi connectivity index (χ1n) is 5.75. The van der Waals surface area contributed by atoms with Crippen molar-refractivity contribution in [2.24, 2.45) is 0 Å². The number of rotatable bonds is 5. The summed E-state index contributed by atoms with van der Waals surface area (Å²) in [5, 5.41) is 9.56. The fraction of sp³-hybridized carbons (Fsp3) is 0.250. The highest BCUT2D eigenvalue weighted by Crippen LogP contribution is 2.18. The first-order chi connectivity index (χ1) is 9.19. The Hall–Kier alpha value is -1.73. The number of nitrogens with zero attached hydrogens (tertiary/aromatic N) is 1. The second-order valence-corrected chi connectivity index (χ2v) is 5.51. The molecular weight excluding hydrogens is 282 g/mol. The van der Waals surface area contributed by atoms with E-state index in [1.54, 1.807) is 11.4 Å². The second-order valence-electron chi connectivity index (χ2n) is 3.71. The van der Waals surface area contributed by atoms with Gasteiger partial charge in [-0.25, -0.2) is 4.98 Å². The van der Waals surface area contributed by atoms with E-state index in [1.807, 2.05) is 18.4 Å². The van der Waals surface area contributed by atoms with Gasteiger partial charge in [0.15, 0.2) is 5.13 Å². The molecule has 19 heavy (non-hydrogen) atoms. The maximum absolute atomic E-state index is 11.8. The van der Waals surface area contributed by atoms with Gasteiger partial charge in [0.25, 0.3) is 5.91 Å². The Kier molecular flexibility index (Phi) is 4.64. The largest absolute Gasteiger partial charge is 0.356 e. The number of carbonyl (C=O) groups is 2. The summed E-state index contributed by atoms with van der Waals surface area (Å²) in [4.78, 5) is 28.0. The van der Waals surface area contributed by atoms with Gasteiger partial charge >= 0.3 is 0 Å². The lowest BCUT2D eigenvalue weighted by Gasteiger charge is -1.99. The number of anilines is 1. The van der Waals surface area contributed by atoms with Crippen LogP contribution in [0.1, 0.15) is 22.3 Å². The van der Waals surface area contributed by atoms with Gasteiger partial charge in [0.1, 0.15) is 0 Å². The van der Waals surface area contributed by atoms with Crippen LogP contribution >= 0.6 is 22.7 Å². The number of thiophene rings is 1. The van der Waals surface area contributed by atoms with Crippen LogP contribution in [0, 0.1) is 0 Å². The van der Waals surface area contributed by atoms with E-state index in [9.17, 15) is 9.59 Å². The highest BCUT2D eigenvalue weighted by Gasteiger charge is 2.11. The van der Waals surface area contributed by atoms with Gasteiger partial charge in [0, 0.05) is 11.9 Å². The Morgan fingerprint density at radius 1 is 1.37 bits per heavy atom. The minimum absolute atomic E-state index is 0.0658. The van der Waals surface area contributed by atoms with Crippen molar-refractivity contribution in [1.29, 1.82) is 0 Å². The van der Waals surface area contributed by atoms with Gasteiger partial charge in [-0.3, -0.25) is 14.9 Å². The van der Waals surface area contributed by atoms with Crippen molar-refractivity contribution < 1.29 is 9.59 Å². The third-order valence-corrected chi connectivity index (χ3v) is 3.91. The molecule has 0 saturated heterocycles. The summed E-state index contributed by atoms with van der Waals surface area (Å²) >= 11 is 2.69. The molecule has 2 heterocycles. The standard InChI is InChI=1S/C12H13N3O2S2/c1-2-13-10(16)6-8-7-19-12(14-8)15-11(17)9-4-3-5-18-9/h3-5,7H,2,6H2,1H3,(H,13,16)(H,14,15,17). The molecule has 0 unspecified atom stereocenters. The van der Waals surface area contributed by atoms with Crippen LogP contribution in [0.25, 0.3) is 0 Å². The molecule has 0 aliphatic heterocycles. The molecule has 0 radical (unpaired) electrons. The molecule has 0 spiro atoms. The molecule has 2 N–H and O–H groups in total. The minimum atomic E-state index is -0.172. The normalized spacial score (nSPS) is 10.2. The summed E-state index contributed by atoms with van der Waals surface area (Å²) in [5.74, 6) is -0.238. The Balaban J connectivity index is 1.94. The molecule has 2 rings (SSSR count). The molecule has 0 aliphatic carbocycles. The van der Waals surface area contributed by atoms with Gasteiger partial charge in [0.2, 0.25) is 5.91 Å². The van der Waals surface area contributed by atoms with Crippen LogP contribution in [0.5, 0.6) is 0 Å². The summed E-state index contributed by atoms with van der Waals surface area (Å²) in [6.07, 6.45) is 0.235. The molecule has 5 nitrogen and oxygen atoms in total. The van der Waals surface area contributed by atoms with Crippen molar-refractivity contribution in [3.05, 3.63) is 33.5 Å². The number of nitrogens with one attached hydrogen (secondary N) is 2. The first-order valence-corrected chi connectivity index (χ1v) is 7.51. The Morgan fingerprint density at radius 2 is 2.21 bits per heavy atom. The van der Waals surface area contributed by atoms with Crippen molar-refractivity contribution in [3.8, 4) is 0 Å². The van der Waals surface area contributed by atoms with Crippen molar-refractivity contribution in [1.82, 2.24) is 10.3 Å². The van der Waals surface area contributed by atoms with Crippen LogP contribution < -0.4 is 10.6 Å². The number of hydrogen-bond donors (Lipinski definition) is 2. The lowest BCUT2D eigenvalue weighted by atomic mass is 10.3. The highest BCUT2D eigenvalue weighted by molar-refractivity contribution is 7.14. The van der Waals surface area contributed by atoms with E-state index in [1.165, 1.54) is 22.7 Å². The van der Waals surface area contributed by atoms with E-state index in [0.29, 0.717) is 22.2 Å². The molecule has 0 aromatic carbocycles. The Labute approximate surface area is 118 Å². The Bertz CT molecular complexity index is 563. The molecule has 2 aromatic rings. The Morgan fingerprint density at radius 3 is 2.89 bits per heavy atom. The summed E-state index contributed by atoms with van der Waals surface area (Å²) in [6, 6.07) is 3.57. The monoisotopic (exact) mass is 295 g/mol. The lowest BCUT2D eigenvalue weighted by Crippen LogP contribution is -2.24. The van der Waals surface area contributed by atoms with Crippen LogP contribution in [0.15, 0.2) is 22.9 Å². The molecule has 0 fully saturated rings. The van der Waals surface area contributed by atoms with Crippen molar-refractivity contribution >= 4 is 39.6 Å². The predicted octanol–water partition coefficient (Wildman–Crippen LogP) is 2.14. The lowest BCUT2D eigenvalue weighted by molar-refractivity contribution is -0.120. The number of aromatic nitrogens is 1. The second kappa shape index (κ2) is 6.44. The molecule has 0 saturated carbocycles. The van der Waals surface area contributed by atoms with Crippen LogP contribution in [-0.4, -0.2) is 23.3 Å². The smallest absolute Gasteiger partial charge is 0.267 e. The van der Waals surface area contributed by atoms with Crippen molar-refractivity contribution in [3.63, 3.8) is 0 Å². The molecule has 100 valence electrons. The fourth-order valence-electron chi connectivity index (χ4n) is 1.44. The summed E-state index contributed by atoms with van der Waals surface area (Å²) in [6.45, 7) is 2.47. The molecule has 0 atom stereocenters. The zero-order valence-electron chi connectivity index (χ0n) is 10.3. The number of likely N-dealkylation sites (N-methyl/N-ethyl adjacent to an activating group) is 1. The van der Waals surface area contributed by atoms with Crippen LogP contribution in [0.4, 0.5) is 5.13 Å². The van der Waals surface area contributed by atoms with E-state index in [2.05, 4.69) is 15.6 Å². The van der Waals surface area contributed by atoms with Crippen molar-refractivity contribution in [2.45, 2.75) is 13.3 Å². The topological polar surface area (TPSA) is 71.1 Å². The molecule has 7 heteroatoms. The van der Waals surface area contributed by atoms with E-state index < -0.39 is 0 Å². The van der Waals surface area contributed by atoms with E-state index in [0.717, 1.165) is 0 Å². The van der Waals surface area contributed by atoms with Crippen molar-refractivity contribution in [2.75, 3.05) is 11.9 Å². The maximum atomic E-state index is 11.8. The summed E-state index contributed by atoms with van der Waals surface area (Å²) in [7, 11) is 0. The van der Waals surface area contributed by atoms with Crippen LogP contribution in [0.3, 0.4) is 0 Å². The van der Waals surface area contributed by atoms with E-state index >= 15 is 0 Å². The van der Waals surface area contributed by atoms with Crippen LogP contribution in [0.2, 0.25) is 0 Å². The van der Waals surface area contributed by atoms with Gasteiger partial charge in [-0.15, -0.1) is 22.7 Å². The SMILES string of the molecule is CCNC(=O)Cc1csc(NC(=O)c2cccs2)n1. The zero-order chi connectivity index (χ0) is 13.7. The number of hydrogen-bond acceptors (Lipinski definition) is 5. The number of amides is 2. The van der Waals surface area contributed by atoms with Gasteiger partial charge in [-0.1, -0.05) is 6.07 Å². The maximum Gasteiger partial charge on any atom is 0.267 e. The zero-order valence-corrected chi connectivity index (χ0v) is 11.9. The molecule has 0 aliphatic rings. The number of thiazole rings is 1. The first kappa shape index (κ1) is 13.7. The van der Waals surface area contributed by atoms with Gasteiger partial charge < -0.3 is 5.32 Å². The fourth-order valence-corrected chi connectivity index (χ4v) is 2.76. The average molecular weight is 295 g/mol. The highest BCUT2D eigenvalue weighted by atomic mass is 32.1. The van der Waals surface area contributed by atoms with Gasteiger partial charge in [-0.2, -0.15) is 0 Å².